The molecule has 0 saturated heterocycles. The van der Waals surface area contributed by atoms with Crippen LogP contribution in [0.5, 0.6) is 0 Å². The third-order valence-corrected chi connectivity index (χ3v) is 2.23. The van der Waals surface area contributed by atoms with Crippen LogP contribution in [0.1, 0.15) is 16.8 Å². The molecule has 0 spiro atoms. The Morgan fingerprint density at radius 3 is 2.69 bits per heavy atom. The van der Waals surface area contributed by atoms with Crippen molar-refractivity contribution in [3.8, 4) is 0 Å². The zero-order valence-electron chi connectivity index (χ0n) is 9.51. The van der Waals surface area contributed by atoms with Crippen LogP contribution in [-0.4, -0.2) is 41.2 Å². The third kappa shape index (κ3) is 3.51. The Kier molecular flexibility index (Phi) is 4.25. The van der Waals surface area contributed by atoms with Gasteiger partial charge in [-0.15, -0.1) is 0 Å². The Hall–Kier alpha value is -1.62. The molecular formula is C11H16N2O3. The van der Waals surface area contributed by atoms with Crippen molar-refractivity contribution in [3.63, 3.8) is 0 Å². The van der Waals surface area contributed by atoms with Gasteiger partial charge < -0.3 is 14.6 Å². The largest absolute Gasteiger partial charge is 0.478 e. The molecule has 1 rings (SSSR count). The van der Waals surface area contributed by atoms with Crippen LogP contribution in [0.15, 0.2) is 23.1 Å². The molecule has 0 aromatic carbocycles. The van der Waals surface area contributed by atoms with Gasteiger partial charge in [0.25, 0.3) is 5.56 Å². The molecule has 5 nitrogen and oxygen atoms in total. The van der Waals surface area contributed by atoms with Crippen molar-refractivity contribution in [3.05, 3.63) is 34.2 Å². The summed E-state index contributed by atoms with van der Waals surface area (Å²) in [7, 11) is 3.91. The van der Waals surface area contributed by atoms with Gasteiger partial charge >= 0.3 is 5.97 Å². The van der Waals surface area contributed by atoms with E-state index in [1.807, 2.05) is 19.0 Å². The molecule has 0 aliphatic rings. The van der Waals surface area contributed by atoms with Crippen molar-refractivity contribution in [2.24, 2.45) is 0 Å². The third-order valence-electron chi connectivity index (χ3n) is 2.23. The van der Waals surface area contributed by atoms with E-state index in [4.69, 9.17) is 5.11 Å². The van der Waals surface area contributed by atoms with Crippen molar-refractivity contribution >= 4 is 5.97 Å². The predicted molar refractivity (Wildman–Crippen MR) is 60.8 cm³/mol. The average molecular weight is 224 g/mol. The van der Waals surface area contributed by atoms with E-state index in [-0.39, 0.29) is 11.1 Å². The highest BCUT2D eigenvalue weighted by Crippen LogP contribution is 1.97. The van der Waals surface area contributed by atoms with E-state index in [0.717, 1.165) is 13.0 Å². The van der Waals surface area contributed by atoms with Crippen molar-refractivity contribution < 1.29 is 9.90 Å². The molecular weight excluding hydrogens is 208 g/mol. The lowest BCUT2D eigenvalue weighted by atomic mass is 10.3. The topological polar surface area (TPSA) is 62.5 Å². The number of aryl methyl sites for hydroxylation is 1. The van der Waals surface area contributed by atoms with Gasteiger partial charge in [0.1, 0.15) is 0 Å². The summed E-state index contributed by atoms with van der Waals surface area (Å²) in [5.74, 6) is -1.01. The maximum atomic E-state index is 11.4. The number of carboxylic acids is 1. The van der Waals surface area contributed by atoms with E-state index < -0.39 is 5.97 Å². The molecule has 88 valence electrons. The van der Waals surface area contributed by atoms with Crippen LogP contribution in [0.2, 0.25) is 0 Å². The fourth-order valence-corrected chi connectivity index (χ4v) is 1.39. The van der Waals surface area contributed by atoms with Gasteiger partial charge in [0.05, 0.1) is 5.56 Å². The molecule has 0 aliphatic carbocycles. The minimum atomic E-state index is -1.01. The second kappa shape index (κ2) is 5.46. The summed E-state index contributed by atoms with van der Waals surface area (Å²) in [4.78, 5) is 24.2. The molecule has 0 fully saturated rings. The fourth-order valence-electron chi connectivity index (χ4n) is 1.39. The monoisotopic (exact) mass is 224 g/mol. The van der Waals surface area contributed by atoms with Crippen molar-refractivity contribution in [2.45, 2.75) is 13.0 Å². The predicted octanol–water partition coefficient (Wildman–Crippen LogP) is 0.498. The van der Waals surface area contributed by atoms with E-state index in [0.29, 0.717) is 6.54 Å². The standard InChI is InChI=1S/C11H16N2O3/c1-12(2)6-3-7-13-8-9(11(15)16)4-5-10(13)14/h4-5,8H,3,6-7H2,1-2H3,(H,15,16). The van der Waals surface area contributed by atoms with Gasteiger partial charge in [-0.2, -0.15) is 0 Å². The minimum absolute atomic E-state index is 0.143. The molecule has 1 heterocycles. The van der Waals surface area contributed by atoms with E-state index in [2.05, 4.69) is 0 Å². The maximum absolute atomic E-state index is 11.4. The van der Waals surface area contributed by atoms with Gasteiger partial charge in [0, 0.05) is 18.8 Å². The molecule has 0 radical (unpaired) electrons. The maximum Gasteiger partial charge on any atom is 0.337 e. The van der Waals surface area contributed by atoms with Gasteiger partial charge in [-0.1, -0.05) is 0 Å². The number of carboxylic acid groups (broad SMARTS) is 1. The molecule has 0 aliphatic heterocycles. The lowest BCUT2D eigenvalue weighted by molar-refractivity contribution is 0.0695. The lowest BCUT2D eigenvalue weighted by Gasteiger charge is -2.10. The number of pyridine rings is 1. The summed E-state index contributed by atoms with van der Waals surface area (Å²) in [6.45, 7) is 1.40. The number of rotatable bonds is 5. The summed E-state index contributed by atoms with van der Waals surface area (Å²) >= 11 is 0. The number of carbonyl (C=O) groups is 1. The number of nitrogens with zero attached hydrogens (tertiary/aromatic N) is 2. The molecule has 0 amide bonds. The minimum Gasteiger partial charge on any atom is -0.478 e. The Morgan fingerprint density at radius 1 is 1.44 bits per heavy atom. The Labute approximate surface area is 93.9 Å². The first-order valence-corrected chi connectivity index (χ1v) is 5.09. The molecule has 5 heteroatoms. The lowest BCUT2D eigenvalue weighted by Crippen LogP contribution is -2.22. The first-order chi connectivity index (χ1) is 7.50. The van der Waals surface area contributed by atoms with Gasteiger partial charge in [0.2, 0.25) is 0 Å². The second-order valence-electron chi connectivity index (χ2n) is 3.91. The molecule has 1 aromatic rings. The second-order valence-corrected chi connectivity index (χ2v) is 3.91. The normalized spacial score (nSPS) is 10.7. The van der Waals surface area contributed by atoms with E-state index in [1.165, 1.54) is 22.9 Å². The quantitative estimate of drug-likeness (QED) is 0.791. The zero-order chi connectivity index (χ0) is 12.1. The number of aromatic carboxylic acids is 1. The summed E-state index contributed by atoms with van der Waals surface area (Å²) in [6, 6.07) is 2.62. The molecule has 0 bridgehead atoms. The van der Waals surface area contributed by atoms with Gasteiger partial charge in [-0.25, -0.2) is 4.79 Å². The van der Waals surface area contributed by atoms with Crippen molar-refractivity contribution in [1.82, 2.24) is 9.47 Å². The molecule has 16 heavy (non-hydrogen) atoms. The van der Waals surface area contributed by atoms with E-state index in [1.54, 1.807) is 0 Å². The first-order valence-electron chi connectivity index (χ1n) is 5.09. The van der Waals surface area contributed by atoms with Crippen molar-refractivity contribution in [2.75, 3.05) is 20.6 Å². The zero-order valence-corrected chi connectivity index (χ0v) is 9.51. The van der Waals surface area contributed by atoms with E-state index >= 15 is 0 Å². The highest BCUT2D eigenvalue weighted by atomic mass is 16.4. The van der Waals surface area contributed by atoms with Crippen molar-refractivity contribution in [1.29, 1.82) is 0 Å². The van der Waals surface area contributed by atoms with Crippen LogP contribution in [-0.2, 0) is 6.54 Å². The summed E-state index contributed by atoms with van der Waals surface area (Å²) in [5.41, 5.74) is -0.0202. The molecule has 1 N–H and O–H groups in total. The highest BCUT2D eigenvalue weighted by molar-refractivity contribution is 5.87. The molecule has 0 saturated carbocycles. The van der Waals surface area contributed by atoms with Crippen LogP contribution in [0.3, 0.4) is 0 Å². The summed E-state index contributed by atoms with van der Waals surface area (Å²) < 4.78 is 1.44. The highest BCUT2D eigenvalue weighted by Gasteiger charge is 2.04. The molecule has 1 aromatic heterocycles. The smallest absolute Gasteiger partial charge is 0.337 e. The van der Waals surface area contributed by atoms with Crippen LogP contribution < -0.4 is 5.56 Å². The van der Waals surface area contributed by atoms with Gasteiger partial charge in [-0.3, -0.25) is 4.79 Å². The Morgan fingerprint density at radius 2 is 2.12 bits per heavy atom. The number of hydrogen-bond donors (Lipinski definition) is 1. The fraction of sp³-hybridized carbons (Fsp3) is 0.455. The Balaban J connectivity index is 2.75. The summed E-state index contributed by atoms with van der Waals surface area (Å²) in [5, 5.41) is 8.79. The Bertz CT molecular complexity index is 423. The molecule has 0 unspecified atom stereocenters. The number of aromatic nitrogens is 1. The van der Waals surface area contributed by atoms with E-state index in [9.17, 15) is 9.59 Å². The van der Waals surface area contributed by atoms with Crippen LogP contribution in [0, 0.1) is 0 Å². The van der Waals surface area contributed by atoms with Gasteiger partial charge in [0.15, 0.2) is 0 Å². The van der Waals surface area contributed by atoms with Crippen LogP contribution in [0.4, 0.5) is 0 Å². The molecule has 0 atom stereocenters. The first kappa shape index (κ1) is 12.4. The van der Waals surface area contributed by atoms with Gasteiger partial charge in [-0.05, 0) is 33.1 Å². The summed E-state index contributed by atoms with van der Waals surface area (Å²) in [6.07, 6.45) is 2.20. The number of hydrogen-bond acceptors (Lipinski definition) is 3. The van der Waals surface area contributed by atoms with Crippen LogP contribution >= 0.6 is 0 Å². The van der Waals surface area contributed by atoms with Crippen LogP contribution in [0.25, 0.3) is 0 Å². The average Bonchev–Trinajstić information content (AvgIpc) is 2.20. The SMILES string of the molecule is CN(C)CCCn1cc(C(=O)O)ccc1=O.